The second-order valence-electron chi connectivity index (χ2n) is 7.65. The van der Waals surface area contributed by atoms with Crippen LogP contribution in [0.5, 0.6) is 0 Å². The highest BCUT2D eigenvalue weighted by Gasteiger charge is 2.37. The minimum Gasteiger partial charge on any atom is -0.412 e. The van der Waals surface area contributed by atoms with E-state index in [1.165, 1.54) is 6.07 Å². The lowest BCUT2D eigenvalue weighted by Gasteiger charge is -2.36. The van der Waals surface area contributed by atoms with Crippen LogP contribution in [-0.2, 0) is 15.8 Å². The second kappa shape index (κ2) is 7.28. The van der Waals surface area contributed by atoms with E-state index in [-0.39, 0.29) is 11.6 Å². The SMILES string of the molecule is CC(C)(C)[Si](C)(C)OCc1cc(N2CCOCC2)c(F)c(Cl)c1F. The van der Waals surface area contributed by atoms with Crippen LogP contribution >= 0.6 is 11.6 Å². The molecule has 0 saturated carbocycles. The molecule has 136 valence electrons. The first kappa shape index (κ1) is 19.6. The van der Waals surface area contributed by atoms with Crippen molar-refractivity contribution in [1.82, 2.24) is 0 Å². The lowest BCUT2D eigenvalue weighted by molar-refractivity contribution is 0.122. The molecule has 0 aromatic heterocycles. The van der Waals surface area contributed by atoms with Gasteiger partial charge in [0.25, 0.3) is 0 Å². The molecule has 0 bridgehead atoms. The fraction of sp³-hybridized carbons (Fsp3) is 0.647. The van der Waals surface area contributed by atoms with Crippen molar-refractivity contribution in [3.8, 4) is 0 Å². The van der Waals surface area contributed by atoms with Crippen molar-refractivity contribution in [2.45, 2.75) is 45.5 Å². The van der Waals surface area contributed by atoms with Crippen molar-refractivity contribution >= 4 is 25.6 Å². The maximum atomic E-state index is 14.4. The molecule has 0 atom stereocenters. The molecule has 0 N–H and O–H groups in total. The van der Waals surface area contributed by atoms with Gasteiger partial charge in [-0.05, 0) is 24.2 Å². The van der Waals surface area contributed by atoms with Gasteiger partial charge in [-0.25, -0.2) is 8.78 Å². The van der Waals surface area contributed by atoms with Crippen LogP contribution in [0, 0.1) is 11.6 Å². The van der Waals surface area contributed by atoms with Gasteiger partial charge in [-0.1, -0.05) is 32.4 Å². The van der Waals surface area contributed by atoms with Crippen molar-refractivity contribution < 1.29 is 17.9 Å². The third-order valence-corrected chi connectivity index (χ3v) is 9.76. The van der Waals surface area contributed by atoms with Gasteiger partial charge in [0.2, 0.25) is 0 Å². The fourth-order valence-electron chi connectivity index (χ4n) is 2.26. The lowest BCUT2D eigenvalue weighted by atomic mass is 10.1. The summed E-state index contributed by atoms with van der Waals surface area (Å²) >= 11 is 5.89. The Labute approximate surface area is 149 Å². The van der Waals surface area contributed by atoms with Gasteiger partial charge in [-0.15, -0.1) is 0 Å². The Morgan fingerprint density at radius 3 is 2.33 bits per heavy atom. The van der Waals surface area contributed by atoms with Gasteiger partial charge in [0.15, 0.2) is 14.1 Å². The number of halogens is 3. The first-order chi connectivity index (χ1) is 11.0. The second-order valence-corrected chi connectivity index (χ2v) is 12.8. The normalized spacial score (nSPS) is 16.6. The molecular formula is C17H26ClF2NO2Si. The van der Waals surface area contributed by atoms with Gasteiger partial charge >= 0.3 is 0 Å². The topological polar surface area (TPSA) is 21.7 Å². The van der Waals surface area contributed by atoms with Crippen LogP contribution in [0.4, 0.5) is 14.5 Å². The quantitative estimate of drug-likeness (QED) is 0.545. The maximum Gasteiger partial charge on any atom is 0.192 e. The summed E-state index contributed by atoms with van der Waals surface area (Å²) in [7, 11) is -2.04. The Morgan fingerprint density at radius 1 is 1.21 bits per heavy atom. The largest absolute Gasteiger partial charge is 0.412 e. The molecule has 1 aliphatic heterocycles. The van der Waals surface area contributed by atoms with Crippen LogP contribution < -0.4 is 4.90 Å². The monoisotopic (exact) mass is 377 g/mol. The molecule has 7 heteroatoms. The minimum absolute atomic E-state index is 0.0142. The van der Waals surface area contributed by atoms with Gasteiger partial charge in [0, 0.05) is 18.7 Å². The van der Waals surface area contributed by atoms with Crippen molar-refractivity contribution in [2.24, 2.45) is 0 Å². The van der Waals surface area contributed by atoms with Crippen molar-refractivity contribution in [1.29, 1.82) is 0 Å². The fourth-order valence-corrected chi connectivity index (χ4v) is 3.42. The van der Waals surface area contributed by atoms with Crippen LogP contribution in [0.2, 0.25) is 23.2 Å². The smallest absolute Gasteiger partial charge is 0.192 e. The van der Waals surface area contributed by atoms with E-state index < -0.39 is 25.0 Å². The van der Waals surface area contributed by atoms with Gasteiger partial charge in [-0.3, -0.25) is 0 Å². The van der Waals surface area contributed by atoms with Crippen LogP contribution in [0.3, 0.4) is 0 Å². The van der Waals surface area contributed by atoms with E-state index in [1.807, 2.05) is 4.90 Å². The Balaban J connectivity index is 2.28. The molecule has 1 aromatic rings. The van der Waals surface area contributed by atoms with E-state index in [2.05, 4.69) is 33.9 Å². The summed E-state index contributed by atoms with van der Waals surface area (Å²) in [6, 6.07) is 1.52. The number of morpholine rings is 1. The number of rotatable bonds is 4. The molecule has 24 heavy (non-hydrogen) atoms. The molecule has 1 heterocycles. The van der Waals surface area contributed by atoms with Gasteiger partial charge in [-0.2, -0.15) is 0 Å². The molecule has 1 fully saturated rings. The average molecular weight is 378 g/mol. The first-order valence-electron chi connectivity index (χ1n) is 8.17. The predicted molar refractivity (Wildman–Crippen MR) is 96.4 cm³/mol. The number of anilines is 1. The van der Waals surface area contributed by atoms with Gasteiger partial charge < -0.3 is 14.1 Å². The molecule has 1 aromatic carbocycles. The zero-order valence-electron chi connectivity index (χ0n) is 15.0. The summed E-state index contributed by atoms with van der Waals surface area (Å²) in [5.41, 5.74) is 0.617. The first-order valence-corrected chi connectivity index (χ1v) is 11.5. The zero-order chi connectivity index (χ0) is 18.1. The van der Waals surface area contributed by atoms with E-state index in [1.54, 1.807) is 0 Å². The molecule has 2 rings (SSSR count). The molecule has 3 nitrogen and oxygen atoms in total. The van der Waals surface area contributed by atoms with Crippen LogP contribution in [0.15, 0.2) is 6.07 Å². The highest BCUT2D eigenvalue weighted by atomic mass is 35.5. The Bertz CT molecular complexity index is 599. The van der Waals surface area contributed by atoms with Crippen LogP contribution in [-0.4, -0.2) is 34.6 Å². The molecule has 0 radical (unpaired) electrons. The third-order valence-electron chi connectivity index (χ3n) is 4.95. The van der Waals surface area contributed by atoms with Crippen LogP contribution in [0.25, 0.3) is 0 Å². The van der Waals surface area contributed by atoms with E-state index >= 15 is 0 Å². The summed E-state index contributed by atoms with van der Waals surface area (Å²) in [5, 5.41) is -0.451. The third kappa shape index (κ3) is 4.10. The number of hydrogen-bond acceptors (Lipinski definition) is 3. The average Bonchev–Trinajstić information content (AvgIpc) is 2.52. The summed E-state index contributed by atoms with van der Waals surface area (Å²) in [5.74, 6) is -1.45. The summed E-state index contributed by atoms with van der Waals surface area (Å²) < 4.78 is 40.2. The standard InChI is InChI=1S/C17H26ClF2NO2Si/c1-17(2,3)24(4,5)23-11-12-10-13(16(20)14(18)15(12)19)21-6-8-22-9-7-21/h10H,6-9,11H2,1-5H3. The number of nitrogens with zero attached hydrogens (tertiary/aromatic N) is 1. The van der Waals surface area contributed by atoms with Crippen LogP contribution in [0.1, 0.15) is 26.3 Å². The van der Waals surface area contributed by atoms with E-state index in [9.17, 15) is 8.78 Å². The maximum absolute atomic E-state index is 14.4. The Hall–Kier alpha value is -0.693. The molecule has 0 unspecified atom stereocenters. The van der Waals surface area contributed by atoms with E-state index in [4.69, 9.17) is 20.8 Å². The highest BCUT2D eigenvalue weighted by Crippen LogP contribution is 2.38. The minimum atomic E-state index is -2.04. The predicted octanol–water partition coefficient (Wildman–Crippen LogP) is 4.98. The Kier molecular flexibility index (Phi) is 5.95. The number of benzene rings is 1. The Morgan fingerprint density at radius 2 is 1.79 bits per heavy atom. The van der Waals surface area contributed by atoms with Gasteiger partial charge in [0.1, 0.15) is 10.8 Å². The van der Waals surface area contributed by atoms with E-state index in [0.717, 1.165) is 0 Å². The number of hydrogen-bond donors (Lipinski definition) is 0. The molecule has 0 aliphatic carbocycles. The van der Waals surface area contributed by atoms with Gasteiger partial charge in [0.05, 0.1) is 25.5 Å². The summed E-state index contributed by atoms with van der Waals surface area (Å²) in [6.45, 7) is 12.8. The molecule has 0 spiro atoms. The molecule has 1 aliphatic rings. The summed E-state index contributed by atoms with van der Waals surface area (Å²) in [6.07, 6.45) is 0. The van der Waals surface area contributed by atoms with Crippen molar-refractivity contribution in [3.05, 3.63) is 28.3 Å². The van der Waals surface area contributed by atoms with Crippen molar-refractivity contribution in [3.63, 3.8) is 0 Å². The number of ether oxygens (including phenoxy) is 1. The van der Waals surface area contributed by atoms with E-state index in [0.29, 0.717) is 37.6 Å². The van der Waals surface area contributed by atoms with Crippen molar-refractivity contribution in [2.75, 3.05) is 31.2 Å². The molecule has 0 amide bonds. The highest BCUT2D eigenvalue weighted by molar-refractivity contribution is 6.74. The molecular weight excluding hydrogens is 352 g/mol. The molecule has 1 saturated heterocycles. The lowest BCUT2D eigenvalue weighted by Crippen LogP contribution is -2.40. The zero-order valence-corrected chi connectivity index (χ0v) is 16.8. The summed E-state index contributed by atoms with van der Waals surface area (Å²) in [4.78, 5) is 1.83.